The first kappa shape index (κ1) is 8.82. The largest absolute Gasteiger partial charge is 0.387 e. The highest BCUT2D eigenvalue weighted by atomic mass is 16.5. The Morgan fingerprint density at radius 1 is 1.64 bits per heavy atom. The fourth-order valence-electron chi connectivity index (χ4n) is 0.989. The molecule has 0 aliphatic heterocycles. The normalized spacial score (nSPS) is 13.0. The van der Waals surface area contributed by atoms with E-state index in [0.29, 0.717) is 18.1 Å². The molecule has 0 aliphatic carbocycles. The lowest BCUT2D eigenvalue weighted by molar-refractivity contribution is 0.194. The molecule has 1 atom stereocenters. The van der Waals surface area contributed by atoms with Crippen molar-refractivity contribution in [3.05, 3.63) is 24.1 Å². The molecule has 0 unspecified atom stereocenters. The standard InChI is InChI=1S/C7H9N5O2/c1-5(13)6-2-12(11-9-6)3-7-8-4-14-10-7/h2,4-5,13H,3H2,1H3/t5-/m1/s1. The van der Waals surface area contributed by atoms with E-state index in [9.17, 15) is 5.11 Å². The van der Waals surface area contributed by atoms with Crippen molar-refractivity contribution < 1.29 is 9.63 Å². The number of rotatable bonds is 3. The Hall–Kier alpha value is -1.76. The molecule has 0 saturated carbocycles. The van der Waals surface area contributed by atoms with E-state index in [4.69, 9.17) is 0 Å². The van der Waals surface area contributed by atoms with Gasteiger partial charge in [0.25, 0.3) is 0 Å². The van der Waals surface area contributed by atoms with E-state index in [2.05, 4.69) is 25.0 Å². The van der Waals surface area contributed by atoms with Gasteiger partial charge in [0.1, 0.15) is 12.2 Å². The molecule has 7 heteroatoms. The number of hydrogen-bond donors (Lipinski definition) is 1. The molecule has 2 aromatic rings. The van der Waals surface area contributed by atoms with Crippen LogP contribution in [0.5, 0.6) is 0 Å². The summed E-state index contributed by atoms with van der Waals surface area (Å²) in [6, 6.07) is 0. The van der Waals surface area contributed by atoms with E-state index in [1.165, 1.54) is 11.1 Å². The van der Waals surface area contributed by atoms with Crippen molar-refractivity contribution in [3.63, 3.8) is 0 Å². The van der Waals surface area contributed by atoms with Gasteiger partial charge in [-0.1, -0.05) is 10.4 Å². The Balaban J connectivity index is 2.11. The molecule has 7 nitrogen and oxygen atoms in total. The fraction of sp³-hybridized carbons (Fsp3) is 0.429. The molecule has 0 aliphatic rings. The maximum absolute atomic E-state index is 9.20. The second-order valence-corrected chi connectivity index (χ2v) is 2.86. The third-order valence-electron chi connectivity index (χ3n) is 1.69. The van der Waals surface area contributed by atoms with E-state index in [-0.39, 0.29) is 0 Å². The molecule has 14 heavy (non-hydrogen) atoms. The molecule has 0 bridgehead atoms. The van der Waals surface area contributed by atoms with Crippen LogP contribution in [0.3, 0.4) is 0 Å². The second kappa shape index (κ2) is 3.54. The van der Waals surface area contributed by atoms with E-state index >= 15 is 0 Å². The summed E-state index contributed by atoms with van der Waals surface area (Å²) in [6.45, 7) is 2.01. The third kappa shape index (κ3) is 1.77. The van der Waals surface area contributed by atoms with Crippen LogP contribution < -0.4 is 0 Å². The van der Waals surface area contributed by atoms with Crippen LogP contribution in [0.2, 0.25) is 0 Å². The van der Waals surface area contributed by atoms with E-state index < -0.39 is 6.10 Å². The lowest BCUT2D eigenvalue weighted by Gasteiger charge is -1.95. The van der Waals surface area contributed by atoms with Crippen molar-refractivity contribution in [1.82, 2.24) is 25.1 Å². The zero-order valence-corrected chi connectivity index (χ0v) is 7.53. The quantitative estimate of drug-likeness (QED) is 0.727. The molecule has 74 valence electrons. The van der Waals surface area contributed by atoms with Gasteiger partial charge >= 0.3 is 0 Å². The molecule has 0 spiro atoms. The van der Waals surface area contributed by atoms with Crippen molar-refractivity contribution in [2.75, 3.05) is 0 Å². The van der Waals surface area contributed by atoms with E-state index in [1.807, 2.05) is 0 Å². The van der Waals surface area contributed by atoms with Gasteiger partial charge in [0.2, 0.25) is 6.39 Å². The minimum Gasteiger partial charge on any atom is -0.387 e. The first-order chi connectivity index (χ1) is 6.75. The second-order valence-electron chi connectivity index (χ2n) is 2.86. The van der Waals surface area contributed by atoms with Crippen LogP contribution in [0, 0.1) is 0 Å². The fourth-order valence-corrected chi connectivity index (χ4v) is 0.989. The zero-order valence-electron chi connectivity index (χ0n) is 7.53. The number of aromatic nitrogens is 5. The Labute approximate surface area is 79.4 Å². The number of aliphatic hydroxyl groups is 1. The molecule has 2 heterocycles. The predicted octanol–water partition coefficient (Wildman–Crippen LogP) is -0.237. The highest BCUT2D eigenvalue weighted by molar-refractivity contribution is 4.96. The average molecular weight is 195 g/mol. The first-order valence-electron chi connectivity index (χ1n) is 4.09. The van der Waals surface area contributed by atoms with Crippen molar-refractivity contribution in [2.24, 2.45) is 0 Å². The Morgan fingerprint density at radius 3 is 3.07 bits per heavy atom. The van der Waals surface area contributed by atoms with E-state index in [1.54, 1.807) is 13.1 Å². The smallest absolute Gasteiger partial charge is 0.213 e. The summed E-state index contributed by atoms with van der Waals surface area (Å²) < 4.78 is 6.10. The summed E-state index contributed by atoms with van der Waals surface area (Å²) in [7, 11) is 0. The van der Waals surface area contributed by atoms with Gasteiger partial charge in [0, 0.05) is 0 Å². The van der Waals surface area contributed by atoms with Gasteiger partial charge in [-0.05, 0) is 6.92 Å². The van der Waals surface area contributed by atoms with Gasteiger partial charge in [-0.15, -0.1) is 5.10 Å². The minimum atomic E-state index is -0.617. The molecule has 0 saturated heterocycles. The van der Waals surface area contributed by atoms with Gasteiger partial charge in [-0.3, -0.25) is 0 Å². The van der Waals surface area contributed by atoms with Crippen LogP contribution in [0.4, 0.5) is 0 Å². The molecule has 0 radical (unpaired) electrons. The number of nitrogens with zero attached hydrogens (tertiary/aromatic N) is 5. The number of hydrogen-bond acceptors (Lipinski definition) is 6. The first-order valence-corrected chi connectivity index (χ1v) is 4.09. The van der Waals surface area contributed by atoms with Gasteiger partial charge < -0.3 is 9.63 Å². The molecule has 0 amide bonds. The summed E-state index contributed by atoms with van der Waals surface area (Å²) in [4.78, 5) is 3.84. The SMILES string of the molecule is C[C@@H](O)c1cn(Cc2ncon2)nn1. The summed E-state index contributed by atoms with van der Waals surface area (Å²) in [5.41, 5.74) is 0.522. The number of aliphatic hydroxyl groups excluding tert-OH is 1. The summed E-state index contributed by atoms with van der Waals surface area (Å²) in [5.74, 6) is 0.520. The Kier molecular flexibility index (Phi) is 2.23. The molecule has 2 rings (SSSR count). The van der Waals surface area contributed by atoms with Crippen LogP contribution in [0.25, 0.3) is 0 Å². The van der Waals surface area contributed by atoms with Crippen LogP contribution in [0.1, 0.15) is 24.5 Å². The van der Waals surface area contributed by atoms with Crippen LogP contribution in [0.15, 0.2) is 17.1 Å². The highest BCUT2D eigenvalue weighted by Crippen LogP contribution is 2.06. The van der Waals surface area contributed by atoms with Crippen molar-refractivity contribution >= 4 is 0 Å². The van der Waals surface area contributed by atoms with Gasteiger partial charge in [-0.25, -0.2) is 4.68 Å². The van der Waals surface area contributed by atoms with Crippen molar-refractivity contribution in [3.8, 4) is 0 Å². The minimum absolute atomic E-state index is 0.385. The Morgan fingerprint density at radius 2 is 2.50 bits per heavy atom. The highest BCUT2D eigenvalue weighted by Gasteiger charge is 2.07. The summed E-state index contributed by atoms with van der Waals surface area (Å²) in [5, 5.41) is 20.4. The maximum atomic E-state index is 9.20. The van der Waals surface area contributed by atoms with E-state index in [0.717, 1.165) is 0 Å². The van der Waals surface area contributed by atoms with Crippen LogP contribution in [-0.4, -0.2) is 30.2 Å². The maximum Gasteiger partial charge on any atom is 0.213 e. The van der Waals surface area contributed by atoms with Gasteiger partial charge in [0.15, 0.2) is 5.82 Å². The average Bonchev–Trinajstić information content (AvgIpc) is 2.75. The Bertz CT molecular complexity index is 394. The molecular formula is C7H9N5O2. The monoisotopic (exact) mass is 195 g/mol. The van der Waals surface area contributed by atoms with Crippen molar-refractivity contribution in [1.29, 1.82) is 0 Å². The lowest BCUT2D eigenvalue weighted by Crippen LogP contribution is -2.01. The zero-order chi connectivity index (χ0) is 9.97. The molecule has 2 aromatic heterocycles. The van der Waals surface area contributed by atoms with Gasteiger partial charge in [-0.2, -0.15) is 4.98 Å². The lowest BCUT2D eigenvalue weighted by atomic mass is 10.3. The topological polar surface area (TPSA) is 89.9 Å². The van der Waals surface area contributed by atoms with Crippen molar-refractivity contribution in [2.45, 2.75) is 19.6 Å². The molecule has 0 aromatic carbocycles. The summed E-state index contributed by atoms with van der Waals surface area (Å²) >= 11 is 0. The molecule has 0 fully saturated rings. The van der Waals surface area contributed by atoms with Gasteiger partial charge in [0.05, 0.1) is 12.3 Å². The predicted molar refractivity (Wildman–Crippen MR) is 44.1 cm³/mol. The third-order valence-corrected chi connectivity index (χ3v) is 1.69. The summed E-state index contributed by atoms with van der Waals surface area (Å²) in [6.07, 6.45) is 2.28. The van der Waals surface area contributed by atoms with Crippen LogP contribution in [-0.2, 0) is 6.54 Å². The van der Waals surface area contributed by atoms with Crippen LogP contribution >= 0.6 is 0 Å². The molecule has 1 N–H and O–H groups in total. The molecular weight excluding hydrogens is 186 g/mol.